The summed E-state index contributed by atoms with van der Waals surface area (Å²) in [5, 5.41) is 6.04. The van der Waals surface area contributed by atoms with Crippen molar-refractivity contribution >= 4 is 18.0 Å². The Morgan fingerprint density at radius 2 is 1.81 bits per heavy atom. The molecule has 7 nitrogen and oxygen atoms in total. The number of hydrogen-bond acceptors (Lipinski definition) is 5. The normalized spacial score (nSPS) is 15.9. The zero-order valence-corrected chi connectivity index (χ0v) is 22.5. The van der Waals surface area contributed by atoms with E-state index in [0.29, 0.717) is 24.5 Å². The minimum atomic E-state index is -0.658. The molecule has 0 radical (unpaired) electrons. The van der Waals surface area contributed by atoms with Crippen LogP contribution in [-0.2, 0) is 16.0 Å². The van der Waals surface area contributed by atoms with E-state index in [2.05, 4.69) is 22.5 Å². The molecule has 2 atom stereocenters. The fraction of sp³-hybridized carbons (Fsp3) is 0.533. The van der Waals surface area contributed by atoms with Crippen molar-refractivity contribution in [1.82, 2.24) is 15.6 Å². The van der Waals surface area contributed by atoms with Crippen LogP contribution in [0.25, 0.3) is 0 Å². The second kappa shape index (κ2) is 15.1. The molecule has 3 rings (SSSR count). The van der Waals surface area contributed by atoms with Gasteiger partial charge in [-0.05, 0) is 50.7 Å². The van der Waals surface area contributed by atoms with Crippen molar-refractivity contribution in [3.63, 3.8) is 0 Å². The zero-order chi connectivity index (χ0) is 26.5. The van der Waals surface area contributed by atoms with Crippen LogP contribution in [0.3, 0.4) is 0 Å². The van der Waals surface area contributed by atoms with E-state index in [1.54, 1.807) is 6.21 Å². The molecule has 1 aromatic carbocycles. The molecule has 0 saturated heterocycles. The van der Waals surface area contributed by atoms with Crippen molar-refractivity contribution in [2.45, 2.75) is 90.3 Å². The van der Waals surface area contributed by atoms with Gasteiger partial charge < -0.3 is 15.4 Å². The molecule has 1 fully saturated rings. The lowest BCUT2D eigenvalue weighted by molar-refractivity contribution is -0.130. The van der Waals surface area contributed by atoms with Crippen LogP contribution in [0.1, 0.15) is 77.0 Å². The first-order valence-electron chi connectivity index (χ1n) is 13.7. The summed E-state index contributed by atoms with van der Waals surface area (Å²) in [4.78, 5) is 36.0. The van der Waals surface area contributed by atoms with E-state index in [0.717, 1.165) is 44.1 Å². The minimum Gasteiger partial charge on any atom is -0.475 e. The predicted molar refractivity (Wildman–Crippen MR) is 148 cm³/mol. The van der Waals surface area contributed by atoms with E-state index in [-0.39, 0.29) is 23.8 Å². The van der Waals surface area contributed by atoms with Gasteiger partial charge in [0.1, 0.15) is 12.1 Å². The first kappa shape index (κ1) is 28.4. The SMILES string of the molecule is CCCCNC(=O)[C@H](Cc1ccccc1)NC(=O)[C@@H](N=Cc1cccc(OC(C)C)n1)C1CCCCC1. The number of pyridine rings is 1. The number of aliphatic imine (C=N–C) groups is 1. The molecule has 2 amide bonds. The molecule has 0 unspecified atom stereocenters. The van der Waals surface area contributed by atoms with Crippen molar-refractivity contribution < 1.29 is 14.3 Å². The van der Waals surface area contributed by atoms with E-state index in [9.17, 15) is 9.59 Å². The Bertz CT molecular complexity index is 1000. The van der Waals surface area contributed by atoms with Crippen LogP contribution in [-0.4, -0.2) is 47.7 Å². The van der Waals surface area contributed by atoms with Crippen molar-refractivity contribution in [1.29, 1.82) is 0 Å². The van der Waals surface area contributed by atoms with Crippen LogP contribution < -0.4 is 15.4 Å². The summed E-state index contributed by atoms with van der Waals surface area (Å²) in [6.45, 7) is 6.59. The number of unbranched alkanes of at least 4 members (excludes halogenated alkanes) is 1. The first-order chi connectivity index (χ1) is 18.0. The van der Waals surface area contributed by atoms with Crippen molar-refractivity contribution in [3.05, 3.63) is 59.8 Å². The van der Waals surface area contributed by atoms with E-state index < -0.39 is 12.1 Å². The summed E-state index contributed by atoms with van der Waals surface area (Å²) in [6.07, 6.45) is 9.27. The van der Waals surface area contributed by atoms with Gasteiger partial charge in [0, 0.05) is 25.2 Å². The van der Waals surface area contributed by atoms with Gasteiger partial charge >= 0.3 is 0 Å². The number of carbonyl (C=O) groups is 2. The fourth-order valence-corrected chi connectivity index (χ4v) is 4.65. The Balaban J connectivity index is 1.79. The average Bonchev–Trinajstić information content (AvgIpc) is 2.89. The quantitative estimate of drug-likeness (QED) is 0.299. The maximum absolute atomic E-state index is 13.7. The predicted octanol–water partition coefficient (Wildman–Crippen LogP) is 4.88. The second-order valence-electron chi connectivity index (χ2n) is 10.1. The van der Waals surface area contributed by atoms with E-state index >= 15 is 0 Å². The monoisotopic (exact) mass is 506 g/mol. The molecule has 2 N–H and O–H groups in total. The van der Waals surface area contributed by atoms with Crippen LogP contribution in [0.4, 0.5) is 0 Å². The summed E-state index contributed by atoms with van der Waals surface area (Å²) in [5.41, 5.74) is 1.65. The number of rotatable bonds is 13. The lowest BCUT2D eigenvalue weighted by atomic mass is 9.83. The molecule has 1 aromatic heterocycles. The van der Waals surface area contributed by atoms with Crippen LogP contribution in [0.2, 0.25) is 0 Å². The minimum absolute atomic E-state index is 0.0190. The van der Waals surface area contributed by atoms with Gasteiger partial charge in [0.15, 0.2) is 0 Å². The lowest BCUT2D eigenvalue weighted by Gasteiger charge is -2.28. The number of aromatic nitrogens is 1. The highest BCUT2D eigenvalue weighted by Gasteiger charge is 2.31. The summed E-state index contributed by atoms with van der Waals surface area (Å²) in [5.74, 6) is 0.312. The Morgan fingerprint density at radius 1 is 1.05 bits per heavy atom. The molecular formula is C30H42N4O3. The molecule has 2 aromatic rings. The highest BCUT2D eigenvalue weighted by Crippen LogP contribution is 2.28. The van der Waals surface area contributed by atoms with Crippen LogP contribution >= 0.6 is 0 Å². The maximum Gasteiger partial charge on any atom is 0.245 e. The maximum atomic E-state index is 13.7. The molecule has 1 aliphatic carbocycles. The van der Waals surface area contributed by atoms with Gasteiger partial charge in [-0.1, -0.05) is 69.0 Å². The third-order valence-corrected chi connectivity index (χ3v) is 6.58. The third kappa shape index (κ3) is 9.63. The van der Waals surface area contributed by atoms with Gasteiger partial charge in [-0.3, -0.25) is 14.6 Å². The fourth-order valence-electron chi connectivity index (χ4n) is 4.65. The van der Waals surface area contributed by atoms with Crippen molar-refractivity contribution in [3.8, 4) is 5.88 Å². The smallest absolute Gasteiger partial charge is 0.245 e. The largest absolute Gasteiger partial charge is 0.475 e. The van der Waals surface area contributed by atoms with Gasteiger partial charge in [0.2, 0.25) is 17.7 Å². The topological polar surface area (TPSA) is 92.7 Å². The van der Waals surface area contributed by atoms with Gasteiger partial charge in [0.25, 0.3) is 0 Å². The van der Waals surface area contributed by atoms with Gasteiger partial charge in [-0.25, -0.2) is 4.98 Å². The number of hydrogen-bond donors (Lipinski definition) is 2. The zero-order valence-electron chi connectivity index (χ0n) is 22.5. The van der Waals surface area contributed by atoms with Crippen LogP contribution in [0.15, 0.2) is 53.5 Å². The van der Waals surface area contributed by atoms with Crippen LogP contribution in [0.5, 0.6) is 5.88 Å². The summed E-state index contributed by atoms with van der Waals surface area (Å²) in [6, 6.07) is 14.1. The summed E-state index contributed by atoms with van der Waals surface area (Å²) < 4.78 is 5.70. The first-order valence-corrected chi connectivity index (χ1v) is 13.7. The molecule has 1 aliphatic rings. The molecule has 1 saturated carbocycles. The molecule has 7 heteroatoms. The highest BCUT2D eigenvalue weighted by atomic mass is 16.5. The average molecular weight is 507 g/mol. The van der Waals surface area contributed by atoms with Gasteiger partial charge in [-0.15, -0.1) is 0 Å². The van der Waals surface area contributed by atoms with Crippen LogP contribution in [0, 0.1) is 5.92 Å². The number of carbonyl (C=O) groups excluding carboxylic acids is 2. The Hall–Kier alpha value is -3.22. The molecule has 0 bridgehead atoms. The van der Waals surface area contributed by atoms with E-state index in [1.165, 1.54) is 6.42 Å². The number of nitrogens with one attached hydrogen (secondary N) is 2. The number of benzene rings is 1. The lowest BCUT2D eigenvalue weighted by Crippen LogP contribution is -2.52. The Morgan fingerprint density at radius 3 is 2.51 bits per heavy atom. The molecule has 0 spiro atoms. The second-order valence-corrected chi connectivity index (χ2v) is 10.1. The summed E-state index contributed by atoms with van der Waals surface area (Å²) >= 11 is 0. The molecule has 37 heavy (non-hydrogen) atoms. The Labute approximate surface area is 221 Å². The molecule has 0 aliphatic heterocycles. The molecule has 200 valence electrons. The Kier molecular flexibility index (Phi) is 11.6. The standard InChI is InChI=1S/C30H42N4O3/c1-4-5-19-31-29(35)26(20-23-13-8-6-9-14-23)34-30(36)28(24-15-10-7-11-16-24)32-21-25-17-12-18-27(33-25)37-22(2)3/h6,8-9,12-14,17-18,21-22,24,26,28H,4-5,7,10-11,15-16,19-20H2,1-3H3,(H,31,35)(H,34,36)/t26-,28-/m0/s1. The van der Waals surface area contributed by atoms with Gasteiger partial charge in [0.05, 0.1) is 11.8 Å². The molecular weight excluding hydrogens is 464 g/mol. The molecule has 1 heterocycles. The number of nitrogens with zero attached hydrogens (tertiary/aromatic N) is 2. The third-order valence-electron chi connectivity index (χ3n) is 6.58. The van der Waals surface area contributed by atoms with Crippen molar-refractivity contribution in [2.75, 3.05) is 6.54 Å². The van der Waals surface area contributed by atoms with E-state index in [1.807, 2.05) is 62.4 Å². The number of ether oxygens (including phenoxy) is 1. The summed E-state index contributed by atoms with van der Waals surface area (Å²) in [7, 11) is 0. The highest BCUT2D eigenvalue weighted by molar-refractivity contribution is 5.91. The number of amides is 2. The van der Waals surface area contributed by atoms with Crippen molar-refractivity contribution in [2.24, 2.45) is 10.9 Å². The van der Waals surface area contributed by atoms with Gasteiger partial charge in [-0.2, -0.15) is 0 Å². The van der Waals surface area contributed by atoms with E-state index in [4.69, 9.17) is 9.73 Å².